The third-order valence-electron chi connectivity index (χ3n) is 7.14. The van der Waals surface area contributed by atoms with Gasteiger partial charge in [-0.1, -0.05) is 18.2 Å². The molecule has 1 N–H and O–H groups in total. The highest BCUT2D eigenvalue weighted by molar-refractivity contribution is 5.89. The second-order valence-electron chi connectivity index (χ2n) is 9.30. The zero-order valence-corrected chi connectivity index (χ0v) is 20.7. The fourth-order valence-corrected chi connectivity index (χ4v) is 5.11. The Morgan fingerprint density at radius 2 is 1.73 bits per heavy atom. The molecule has 1 saturated heterocycles. The largest absolute Gasteiger partial charge is 0.508 e. The molecule has 2 aromatic carbocycles. The number of aromatic nitrogens is 4. The molecule has 2 aliphatic heterocycles. The van der Waals surface area contributed by atoms with E-state index in [2.05, 4.69) is 37.9 Å². The number of fused-ring (bicyclic) bond motifs is 2. The van der Waals surface area contributed by atoms with Crippen molar-refractivity contribution in [3.8, 4) is 5.75 Å². The monoisotopic (exact) mass is 499 g/mol. The van der Waals surface area contributed by atoms with Gasteiger partial charge < -0.3 is 29.1 Å². The number of anilines is 4. The molecule has 0 aliphatic carbocycles. The van der Waals surface area contributed by atoms with Crippen molar-refractivity contribution in [2.24, 2.45) is 0 Å². The minimum absolute atomic E-state index is 0.245. The van der Waals surface area contributed by atoms with Gasteiger partial charge in [0.1, 0.15) is 5.75 Å². The zero-order valence-electron chi connectivity index (χ0n) is 20.7. The summed E-state index contributed by atoms with van der Waals surface area (Å²) in [6, 6.07) is 15.7. The SMILES string of the molecule is COC(=O)CCn1cnc2c(N3CCc4ccccc43)nc(N3CCN(c4ccc(O)cc4)CC3)nc21. The number of ether oxygens (including phenoxy) is 1. The van der Waals surface area contributed by atoms with Crippen LogP contribution >= 0.6 is 0 Å². The summed E-state index contributed by atoms with van der Waals surface area (Å²) in [6.07, 6.45) is 2.93. The molecule has 1 fully saturated rings. The lowest BCUT2D eigenvalue weighted by Crippen LogP contribution is -2.47. The van der Waals surface area contributed by atoms with Gasteiger partial charge in [-0.2, -0.15) is 9.97 Å². The van der Waals surface area contributed by atoms with Crippen LogP contribution in [0.3, 0.4) is 0 Å². The molecule has 4 heterocycles. The Hall–Kier alpha value is -4.34. The van der Waals surface area contributed by atoms with Crippen LogP contribution in [0.15, 0.2) is 54.9 Å². The first-order valence-electron chi connectivity index (χ1n) is 12.5. The minimum Gasteiger partial charge on any atom is -0.508 e. The third kappa shape index (κ3) is 4.39. The van der Waals surface area contributed by atoms with Gasteiger partial charge >= 0.3 is 5.97 Å². The molecule has 37 heavy (non-hydrogen) atoms. The Morgan fingerprint density at radius 1 is 0.973 bits per heavy atom. The number of nitrogens with zero attached hydrogens (tertiary/aromatic N) is 7. The topological polar surface area (TPSA) is 99.9 Å². The number of imidazole rings is 1. The van der Waals surface area contributed by atoms with E-state index in [1.54, 1.807) is 18.5 Å². The van der Waals surface area contributed by atoms with E-state index < -0.39 is 0 Å². The molecule has 0 unspecified atom stereocenters. The molecule has 2 aromatic heterocycles. The number of hydrogen-bond donors (Lipinski definition) is 1. The summed E-state index contributed by atoms with van der Waals surface area (Å²) in [7, 11) is 1.40. The Balaban J connectivity index is 1.33. The first kappa shape index (κ1) is 23.1. The second-order valence-corrected chi connectivity index (χ2v) is 9.30. The van der Waals surface area contributed by atoms with Gasteiger partial charge in [0, 0.05) is 50.6 Å². The quantitative estimate of drug-likeness (QED) is 0.401. The van der Waals surface area contributed by atoms with Crippen LogP contribution in [0, 0.1) is 0 Å². The van der Waals surface area contributed by atoms with Gasteiger partial charge in [-0.15, -0.1) is 0 Å². The Bertz CT molecular complexity index is 1430. The molecule has 190 valence electrons. The highest BCUT2D eigenvalue weighted by atomic mass is 16.5. The summed E-state index contributed by atoms with van der Waals surface area (Å²) < 4.78 is 6.75. The number of esters is 1. The number of carbonyl (C=O) groups is 1. The van der Waals surface area contributed by atoms with Crippen molar-refractivity contribution in [2.45, 2.75) is 19.4 Å². The maximum atomic E-state index is 11.8. The molecular weight excluding hydrogens is 470 g/mol. The number of hydrogen-bond acceptors (Lipinski definition) is 9. The van der Waals surface area contributed by atoms with E-state index >= 15 is 0 Å². The van der Waals surface area contributed by atoms with Crippen molar-refractivity contribution in [1.82, 2.24) is 19.5 Å². The van der Waals surface area contributed by atoms with Crippen LogP contribution in [-0.4, -0.2) is 70.4 Å². The zero-order chi connectivity index (χ0) is 25.4. The van der Waals surface area contributed by atoms with Crippen LogP contribution in [0.5, 0.6) is 5.75 Å². The van der Waals surface area contributed by atoms with E-state index in [1.165, 1.54) is 12.7 Å². The lowest BCUT2D eigenvalue weighted by molar-refractivity contribution is -0.140. The van der Waals surface area contributed by atoms with E-state index in [9.17, 15) is 9.90 Å². The number of phenols is 1. The molecule has 0 amide bonds. The van der Waals surface area contributed by atoms with Crippen LogP contribution in [0.4, 0.5) is 23.1 Å². The van der Waals surface area contributed by atoms with Crippen molar-refractivity contribution in [3.63, 3.8) is 0 Å². The fourth-order valence-electron chi connectivity index (χ4n) is 5.11. The number of carbonyl (C=O) groups excluding carboxylic acids is 1. The van der Waals surface area contributed by atoms with Gasteiger partial charge in [-0.05, 0) is 42.3 Å². The maximum absolute atomic E-state index is 11.8. The summed E-state index contributed by atoms with van der Waals surface area (Å²) in [5.74, 6) is 1.46. The number of benzene rings is 2. The maximum Gasteiger partial charge on any atom is 0.307 e. The predicted molar refractivity (Wildman–Crippen MR) is 142 cm³/mol. The van der Waals surface area contributed by atoms with E-state index in [4.69, 9.17) is 14.7 Å². The van der Waals surface area contributed by atoms with Crippen LogP contribution in [0.2, 0.25) is 0 Å². The van der Waals surface area contributed by atoms with Gasteiger partial charge in [0.25, 0.3) is 0 Å². The molecule has 0 bridgehead atoms. The minimum atomic E-state index is -0.268. The summed E-state index contributed by atoms with van der Waals surface area (Å²) >= 11 is 0. The molecule has 10 heteroatoms. The molecule has 0 radical (unpaired) electrons. The summed E-state index contributed by atoms with van der Waals surface area (Å²) in [5, 5.41) is 9.62. The second kappa shape index (κ2) is 9.61. The van der Waals surface area contributed by atoms with Gasteiger partial charge in [0.05, 0.1) is 19.9 Å². The number of rotatable bonds is 6. The van der Waals surface area contributed by atoms with E-state index in [-0.39, 0.29) is 18.1 Å². The van der Waals surface area contributed by atoms with E-state index in [0.29, 0.717) is 18.1 Å². The number of aromatic hydroxyl groups is 1. The summed E-state index contributed by atoms with van der Waals surface area (Å²) in [6.45, 7) is 4.42. The first-order valence-corrected chi connectivity index (χ1v) is 12.5. The fraction of sp³-hybridized carbons (Fsp3) is 0.333. The van der Waals surface area contributed by atoms with Gasteiger partial charge in [-0.3, -0.25) is 4.79 Å². The van der Waals surface area contributed by atoms with E-state index in [0.717, 1.165) is 61.9 Å². The van der Waals surface area contributed by atoms with Gasteiger partial charge in [0.15, 0.2) is 17.0 Å². The predicted octanol–water partition coefficient (Wildman–Crippen LogP) is 3.12. The Kier molecular flexibility index (Phi) is 5.99. The van der Waals surface area contributed by atoms with Crippen LogP contribution in [0.25, 0.3) is 11.2 Å². The molecule has 6 rings (SSSR count). The van der Waals surface area contributed by atoms with Crippen LogP contribution in [0.1, 0.15) is 12.0 Å². The number of methoxy groups -OCH3 is 1. The van der Waals surface area contributed by atoms with Gasteiger partial charge in [-0.25, -0.2) is 4.98 Å². The third-order valence-corrected chi connectivity index (χ3v) is 7.14. The highest BCUT2D eigenvalue weighted by Gasteiger charge is 2.28. The van der Waals surface area contributed by atoms with Crippen molar-refractivity contribution < 1.29 is 14.6 Å². The molecule has 10 nitrogen and oxygen atoms in total. The number of aryl methyl sites for hydroxylation is 1. The molecule has 2 aliphatic rings. The first-order chi connectivity index (χ1) is 18.1. The molecule has 0 saturated carbocycles. The average molecular weight is 500 g/mol. The molecule has 4 aromatic rings. The highest BCUT2D eigenvalue weighted by Crippen LogP contribution is 2.37. The summed E-state index contributed by atoms with van der Waals surface area (Å²) in [5.41, 5.74) is 4.98. The number of phenolic OH excluding ortho intramolecular Hbond substituents is 1. The standard InChI is InChI=1S/C27H29N7O3/c1-37-23(36)11-12-33-18-28-24-25(33)29-27(30-26(24)34-13-10-19-4-2-3-5-22(19)34)32-16-14-31(15-17-32)20-6-8-21(35)9-7-20/h2-9,18,35H,10-17H2,1H3. The average Bonchev–Trinajstić information content (AvgIpc) is 3.56. The van der Waals surface area contributed by atoms with Crippen molar-refractivity contribution in [2.75, 3.05) is 54.5 Å². The molecular formula is C27H29N7O3. The smallest absolute Gasteiger partial charge is 0.307 e. The van der Waals surface area contributed by atoms with Crippen molar-refractivity contribution in [3.05, 3.63) is 60.4 Å². The Morgan fingerprint density at radius 3 is 2.51 bits per heavy atom. The number of para-hydroxylation sites is 1. The van der Waals surface area contributed by atoms with Gasteiger partial charge in [0.2, 0.25) is 5.95 Å². The summed E-state index contributed by atoms with van der Waals surface area (Å²) in [4.78, 5) is 33.2. The molecule has 0 spiro atoms. The Labute approximate surface area is 214 Å². The lowest BCUT2D eigenvalue weighted by atomic mass is 10.2. The normalized spacial score (nSPS) is 15.3. The lowest BCUT2D eigenvalue weighted by Gasteiger charge is -2.36. The molecule has 0 atom stereocenters. The van der Waals surface area contributed by atoms with Crippen LogP contribution < -0.4 is 14.7 Å². The van der Waals surface area contributed by atoms with Crippen molar-refractivity contribution >= 4 is 40.3 Å². The number of piperazine rings is 1. The van der Waals surface area contributed by atoms with E-state index in [1.807, 2.05) is 22.8 Å². The van der Waals surface area contributed by atoms with Crippen LogP contribution in [-0.2, 0) is 22.5 Å². The van der Waals surface area contributed by atoms with Crippen molar-refractivity contribution in [1.29, 1.82) is 0 Å².